The molecule has 1 aromatic heterocycles. The number of phenols is 1. The number of hydrogen-bond acceptors (Lipinski definition) is 4. The standard InChI is InChI=1S/C19H16FNO3/c20-13-3-1-12(2-4-13)10-21-8-7-15-16-6-5-14(22)9-18(16)24-19(23)17(15)11-21/h1-6,9,22H,7-8,10-11H2. The topological polar surface area (TPSA) is 53.7 Å². The fourth-order valence-electron chi connectivity index (χ4n) is 3.29. The van der Waals surface area contributed by atoms with E-state index in [-0.39, 0.29) is 17.2 Å². The molecule has 4 nitrogen and oxygen atoms in total. The Morgan fingerprint density at radius 1 is 1.12 bits per heavy atom. The highest BCUT2D eigenvalue weighted by Crippen LogP contribution is 2.28. The zero-order valence-electron chi connectivity index (χ0n) is 13.0. The summed E-state index contributed by atoms with van der Waals surface area (Å²) in [5.41, 5.74) is 2.74. The predicted octanol–water partition coefficient (Wildman–Crippen LogP) is 3.20. The van der Waals surface area contributed by atoms with Gasteiger partial charge >= 0.3 is 5.63 Å². The van der Waals surface area contributed by atoms with Gasteiger partial charge in [0.2, 0.25) is 0 Å². The van der Waals surface area contributed by atoms with Crippen LogP contribution in [0.25, 0.3) is 11.0 Å². The molecule has 24 heavy (non-hydrogen) atoms. The summed E-state index contributed by atoms with van der Waals surface area (Å²) >= 11 is 0. The Bertz CT molecular complexity index is 963. The third-order valence-corrected chi connectivity index (χ3v) is 4.48. The zero-order valence-corrected chi connectivity index (χ0v) is 13.0. The Morgan fingerprint density at radius 3 is 2.71 bits per heavy atom. The molecule has 0 atom stereocenters. The van der Waals surface area contributed by atoms with E-state index in [1.54, 1.807) is 24.3 Å². The predicted molar refractivity (Wildman–Crippen MR) is 88.4 cm³/mol. The van der Waals surface area contributed by atoms with Gasteiger partial charge in [0.05, 0.1) is 5.56 Å². The van der Waals surface area contributed by atoms with Crippen LogP contribution in [0, 0.1) is 5.82 Å². The van der Waals surface area contributed by atoms with Crippen molar-refractivity contribution in [3.8, 4) is 5.75 Å². The molecular weight excluding hydrogens is 309 g/mol. The van der Waals surface area contributed by atoms with Crippen molar-refractivity contribution < 1.29 is 13.9 Å². The number of aromatic hydroxyl groups is 1. The number of nitrogens with zero attached hydrogens (tertiary/aromatic N) is 1. The van der Waals surface area contributed by atoms with Gasteiger partial charge in [-0.25, -0.2) is 9.18 Å². The lowest BCUT2D eigenvalue weighted by Crippen LogP contribution is -2.33. The normalized spacial score (nSPS) is 14.7. The smallest absolute Gasteiger partial charge is 0.341 e. The van der Waals surface area contributed by atoms with Gasteiger partial charge in [-0.15, -0.1) is 0 Å². The molecule has 0 aliphatic carbocycles. The van der Waals surface area contributed by atoms with Crippen LogP contribution in [-0.4, -0.2) is 16.6 Å². The Hall–Kier alpha value is -2.66. The maximum atomic E-state index is 13.0. The monoisotopic (exact) mass is 325 g/mol. The van der Waals surface area contributed by atoms with Gasteiger partial charge in [-0.3, -0.25) is 4.90 Å². The highest BCUT2D eigenvalue weighted by Gasteiger charge is 2.22. The molecule has 3 aromatic rings. The molecule has 0 saturated heterocycles. The molecule has 122 valence electrons. The highest BCUT2D eigenvalue weighted by molar-refractivity contribution is 5.82. The van der Waals surface area contributed by atoms with Gasteiger partial charge in [-0.2, -0.15) is 0 Å². The molecule has 0 radical (unpaired) electrons. The van der Waals surface area contributed by atoms with Gasteiger partial charge in [0.1, 0.15) is 17.1 Å². The van der Waals surface area contributed by atoms with Crippen LogP contribution >= 0.6 is 0 Å². The van der Waals surface area contributed by atoms with Gasteiger partial charge in [0.15, 0.2) is 0 Å². The van der Waals surface area contributed by atoms with Crippen molar-refractivity contribution >= 4 is 11.0 Å². The number of halogens is 1. The van der Waals surface area contributed by atoms with E-state index in [0.717, 1.165) is 29.5 Å². The number of fused-ring (bicyclic) bond motifs is 3. The minimum Gasteiger partial charge on any atom is -0.508 e. The summed E-state index contributed by atoms with van der Waals surface area (Å²) in [7, 11) is 0. The first kappa shape index (κ1) is 14.9. The van der Waals surface area contributed by atoms with Crippen LogP contribution in [0.15, 0.2) is 51.7 Å². The molecular formula is C19H16FNO3. The maximum Gasteiger partial charge on any atom is 0.341 e. The molecule has 0 amide bonds. The molecule has 0 bridgehead atoms. The molecule has 1 N–H and O–H groups in total. The van der Waals surface area contributed by atoms with E-state index in [1.165, 1.54) is 18.2 Å². The van der Waals surface area contributed by atoms with Crippen molar-refractivity contribution in [2.45, 2.75) is 19.5 Å². The van der Waals surface area contributed by atoms with Crippen molar-refractivity contribution in [3.05, 3.63) is 75.4 Å². The Kier molecular flexibility index (Phi) is 3.58. The van der Waals surface area contributed by atoms with Crippen molar-refractivity contribution in [2.24, 2.45) is 0 Å². The van der Waals surface area contributed by atoms with Gasteiger partial charge in [-0.05, 0) is 41.8 Å². The van der Waals surface area contributed by atoms with Crippen molar-refractivity contribution in [2.75, 3.05) is 6.54 Å². The Labute approximate surface area is 137 Å². The van der Waals surface area contributed by atoms with Gasteiger partial charge in [0, 0.05) is 31.1 Å². The van der Waals surface area contributed by atoms with E-state index >= 15 is 0 Å². The first-order chi connectivity index (χ1) is 11.6. The largest absolute Gasteiger partial charge is 0.508 e. The second-order valence-electron chi connectivity index (χ2n) is 6.11. The van der Waals surface area contributed by atoms with E-state index in [2.05, 4.69) is 4.90 Å². The van der Waals surface area contributed by atoms with Crippen LogP contribution in [0.4, 0.5) is 4.39 Å². The first-order valence-electron chi connectivity index (χ1n) is 7.84. The summed E-state index contributed by atoms with van der Waals surface area (Å²) in [6.45, 7) is 1.97. The van der Waals surface area contributed by atoms with Gasteiger partial charge in [0.25, 0.3) is 0 Å². The summed E-state index contributed by atoms with van der Waals surface area (Å²) in [5.74, 6) is -0.169. The van der Waals surface area contributed by atoms with Crippen molar-refractivity contribution in [1.29, 1.82) is 0 Å². The van der Waals surface area contributed by atoms with Crippen LogP contribution in [-0.2, 0) is 19.5 Å². The van der Waals surface area contributed by atoms with E-state index in [1.807, 2.05) is 0 Å². The third kappa shape index (κ3) is 2.67. The van der Waals surface area contributed by atoms with Gasteiger partial charge < -0.3 is 9.52 Å². The lowest BCUT2D eigenvalue weighted by atomic mass is 9.97. The Balaban J connectivity index is 1.66. The maximum absolute atomic E-state index is 13.0. The molecule has 0 unspecified atom stereocenters. The molecule has 0 spiro atoms. The van der Waals surface area contributed by atoms with Crippen molar-refractivity contribution in [3.63, 3.8) is 0 Å². The number of rotatable bonds is 2. The molecule has 0 saturated carbocycles. The van der Waals surface area contributed by atoms with E-state index in [9.17, 15) is 14.3 Å². The van der Waals surface area contributed by atoms with E-state index < -0.39 is 0 Å². The quantitative estimate of drug-likeness (QED) is 0.735. The third-order valence-electron chi connectivity index (χ3n) is 4.48. The average molecular weight is 325 g/mol. The van der Waals surface area contributed by atoms with Crippen LogP contribution in [0.3, 0.4) is 0 Å². The Morgan fingerprint density at radius 2 is 1.92 bits per heavy atom. The highest BCUT2D eigenvalue weighted by atomic mass is 19.1. The van der Waals surface area contributed by atoms with E-state index in [0.29, 0.717) is 24.2 Å². The van der Waals surface area contributed by atoms with Crippen LogP contribution < -0.4 is 5.63 Å². The fraction of sp³-hybridized carbons (Fsp3) is 0.211. The molecule has 5 heteroatoms. The summed E-state index contributed by atoms with van der Waals surface area (Å²) < 4.78 is 18.4. The average Bonchev–Trinajstić information content (AvgIpc) is 2.57. The SMILES string of the molecule is O=c1oc2cc(O)ccc2c2c1CN(Cc1ccc(F)cc1)CC2. The summed E-state index contributed by atoms with van der Waals surface area (Å²) in [6, 6.07) is 11.3. The molecule has 0 fully saturated rings. The summed E-state index contributed by atoms with van der Waals surface area (Å²) in [6.07, 6.45) is 0.739. The van der Waals surface area contributed by atoms with Crippen molar-refractivity contribution in [1.82, 2.24) is 4.90 Å². The van der Waals surface area contributed by atoms with Crippen LogP contribution in [0.2, 0.25) is 0 Å². The van der Waals surface area contributed by atoms with Crippen LogP contribution in [0.5, 0.6) is 5.75 Å². The second kappa shape index (κ2) is 5.76. The van der Waals surface area contributed by atoms with Crippen LogP contribution in [0.1, 0.15) is 16.7 Å². The van der Waals surface area contributed by atoms with Gasteiger partial charge in [-0.1, -0.05) is 12.1 Å². The minimum atomic E-state index is -0.355. The first-order valence-corrected chi connectivity index (χ1v) is 7.84. The number of hydrogen-bond donors (Lipinski definition) is 1. The zero-order chi connectivity index (χ0) is 16.7. The molecule has 4 rings (SSSR count). The second-order valence-corrected chi connectivity index (χ2v) is 6.11. The molecule has 1 aliphatic rings. The fourth-order valence-corrected chi connectivity index (χ4v) is 3.29. The lowest BCUT2D eigenvalue weighted by Gasteiger charge is -2.28. The molecule has 2 aromatic carbocycles. The summed E-state index contributed by atoms with van der Waals surface area (Å²) in [4.78, 5) is 14.5. The number of phenolic OH excluding ortho intramolecular Hbond substituents is 1. The molecule has 2 heterocycles. The lowest BCUT2D eigenvalue weighted by molar-refractivity contribution is 0.241. The van der Waals surface area contributed by atoms with E-state index in [4.69, 9.17) is 4.42 Å². The number of benzene rings is 2. The molecule has 1 aliphatic heterocycles. The minimum absolute atomic E-state index is 0.0827. The summed E-state index contributed by atoms with van der Waals surface area (Å²) in [5, 5.41) is 10.4.